The van der Waals surface area contributed by atoms with Crippen LogP contribution in [-0.2, 0) is 0 Å². The SMILES string of the molecule is F[P-](F)(F)(F)(F)F.Sc1ccc(-c2ccc([PH2+]c3ccccc3)cc2-c2ccccc2)cc1. The van der Waals surface area contributed by atoms with Crippen molar-refractivity contribution < 1.29 is 25.2 Å². The van der Waals surface area contributed by atoms with E-state index in [0.29, 0.717) is 0 Å². The molecule has 0 saturated carbocycles. The molecule has 0 aliphatic carbocycles. The van der Waals surface area contributed by atoms with Crippen molar-refractivity contribution in [3.63, 3.8) is 0 Å². The largest absolute Gasteiger partial charge is 0.143 e. The molecule has 4 aromatic carbocycles. The summed E-state index contributed by atoms with van der Waals surface area (Å²) in [6.07, 6.45) is 0. The first kappa shape index (κ1) is 25.3. The van der Waals surface area contributed by atoms with Gasteiger partial charge in [0, 0.05) is 4.90 Å². The summed E-state index contributed by atoms with van der Waals surface area (Å²) in [5.41, 5.74) is 5.04. The molecular weight excluding hydrogens is 496 g/mol. The van der Waals surface area contributed by atoms with Gasteiger partial charge in [0.25, 0.3) is 0 Å². The van der Waals surface area contributed by atoms with Gasteiger partial charge in [-0.15, -0.1) is 12.6 Å². The fourth-order valence-electron chi connectivity index (χ4n) is 3.14. The Morgan fingerprint density at radius 1 is 0.515 bits per heavy atom. The van der Waals surface area contributed by atoms with Crippen LogP contribution in [0.5, 0.6) is 0 Å². The molecular formula is C24H20F6P2S. The third kappa shape index (κ3) is 9.59. The van der Waals surface area contributed by atoms with Crippen LogP contribution in [0.1, 0.15) is 0 Å². The number of rotatable bonds is 4. The number of hydrogen-bond acceptors (Lipinski definition) is 1. The summed E-state index contributed by atoms with van der Waals surface area (Å²) in [5, 5.41) is 2.82. The van der Waals surface area contributed by atoms with Crippen LogP contribution in [0.15, 0.2) is 108 Å². The molecule has 1 unspecified atom stereocenters. The van der Waals surface area contributed by atoms with Gasteiger partial charge < -0.3 is 0 Å². The van der Waals surface area contributed by atoms with Crippen molar-refractivity contribution in [3.8, 4) is 22.3 Å². The van der Waals surface area contributed by atoms with Crippen LogP contribution in [0.2, 0.25) is 0 Å². The summed E-state index contributed by atoms with van der Waals surface area (Å²) >= 11 is 4.42. The monoisotopic (exact) mass is 516 g/mol. The fraction of sp³-hybridized carbons (Fsp3) is 0. The van der Waals surface area contributed by atoms with Gasteiger partial charge >= 0.3 is 33.0 Å². The molecule has 0 aliphatic heterocycles. The maximum absolute atomic E-state index is 10.7. The minimum Gasteiger partial charge on any atom is -0.143 e. The quantitative estimate of drug-likeness (QED) is 0.156. The molecule has 0 fully saturated rings. The Labute approximate surface area is 195 Å². The van der Waals surface area contributed by atoms with E-state index in [1.165, 1.54) is 32.9 Å². The van der Waals surface area contributed by atoms with E-state index in [-0.39, 0.29) is 8.58 Å². The molecule has 0 bridgehead atoms. The number of halogens is 6. The summed E-state index contributed by atoms with van der Waals surface area (Å²) in [5.74, 6) is 0. The molecule has 9 heteroatoms. The maximum Gasteiger partial charge on any atom is 0.0948 e. The topological polar surface area (TPSA) is 0 Å². The van der Waals surface area contributed by atoms with Crippen LogP contribution in [-0.4, -0.2) is 0 Å². The van der Waals surface area contributed by atoms with Gasteiger partial charge in [0.1, 0.15) is 0 Å². The Morgan fingerprint density at radius 2 is 1.00 bits per heavy atom. The number of hydrogen-bond donors (Lipinski definition) is 1. The normalized spacial score (nSPS) is 13.7. The van der Waals surface area contributed by atoms with E-state index in [9.17, 15) is 25.2 Å². The second-order valence-electron chi connectivity index (χ2n) is 7.23. The van der Waals surface area contributed by atoms with Crippen molar-refractivity contribution in [3.05, 3.63) is 103 Å². The van der Waals surface area contributed by atoms with Gasteiger partial charge in [0.15, 0.2) is 0 Å². The Bertz CT molecular complexity index is 1200. The van der Waals surface area contributed by atoms with Crippen molar-refractivity contribution in [2.24, 2.45) is 0 Å². The summed E-state index contributed by atoms with van der Waals surface area (Å²) < 4.78 is 59.2. The molecule has 0 N–H and O–H groups in total. The number of thiol groups is 1. The Morgan fingerprint density at radius 3 is 1.55 bits per heavy atom. The summed E-state index contributed by atoms with van der Waals surface area (Å²) in [7, 11) is -10.6. The van der Waals surface area contributed by atoms with Gasteiger partial charge in [-0.05, 0) is 64.7 Å². The molecule has 0 radical (unpaired) electrons. The second-order valence-corrected chi connectivity index (χ2v) is 11.3. The summed E-state index contributed by atoms with van der Waals surface area (Å²) in [4.78, 5) is 0.986. The van der Waals surface area contributed by atoms with E-state index in [1.54, 1.807) is 0 Å². The van der Waals surface area contributed by atoms with Crippen molar-refractivity contribution in [2.45, 2.75) is 4.90 Å². The second kappa shape index (κ2) is 9.13. The zero-order valence-electron chi connectivity index (χ0n) is 17.1. The van der Waals surface area contributed by atoms with Crippen molar-refractivity contribution in [2.75, 3.05) is 0 Å². The Kier molecular flexibility index (Phi) is 7.00. The van der Waals surface area contributed by atoms with Gasteiger partial charge in [-0.25, -0.2) is 0 Å². The summed E-state index contributed by atoms with van der Waals surface area (Å²) in [6, 6.07) is 36.7. The third-order valence-electron chi connectivity index (χ3n) is 4.44. The zero-order chi connectivity index (χ0) is 24.2. The molecule has 0 spiro atoms. The average molecular weight is 516 g/mol. The van der Waals surface area contributed by atoms with Gasteiger partial charge in [-0.3, -0.25) is 0 Å². The minimum absolute atomic E-state index is 0.0915. The van der Waals surface area contributed by atoms with Gasteiger partial charge in [-0.1, -0.05) is 60.7 Å². The minimum atomic E-state index is -10.7. The molecule has 0 aliphatic rings. The van der Waals surface area contributed by atoms with Gasteiger partial charge in [-0.2, -0.15) is 0 Å². The smallest absolute Gasteiger partial charge is 0.0948 e. The predicted molar refractivity (Wildman–Crippen MR) is 134 cm³/mol. The molecule has 0 saturated heterocycles. The van der Waals surface area contributed by atoms with E-state index in [2.05, 4.69) is 116 Å². The maximum atomic E-state index is 9.87. The van der Waals surface area contributed by atoms with E-state index >= 15 is 0 Å². The average Bonchev–Trinajstić information content (AvgIpc) is 2.74. The molecule has 4 aromatic rings. The van der Waals surface area contributed by atoms with Crippen LogP contribution < -0.4 is 10.6 Å². The van der Waals surface area contributed by atoms with E-state index in [4.69, 9.17) is 0 Å². The van der Waals surface area contributed by atoms with Crippen LogP contribution >= 0.6 is 29.0 Å². The van der Waals surface area contributed by atoms with E-state index < -0.39 is 7.81 Å². The van der Waals surface area contributed by atoms with Crippen LogP contribution in [0.4, 0.5) is 25.2 Å². The standard InChI is InChI=1S/C24H19PS.F6P/c26-22-14-11-19(12-15-22)23-16-13-21(25-20-9-5-2-6-10-20)17-24(23)18-7-3-1-4-8-18;1-7(2,3,4,5)6/h1-17,25-26H;/q;-1/p+1. The Balaban J connectivity index is 0.000000383. The first-order valence-electron chi connectivity index (χ1n) is 9.70. The van der Waals surface area contributed by atoms with Crippen LogP contribution in [0, 0.1) is 0 Å². The van der Waals surface area contributed by atoms with Crippen molar-refractivity contribution in [1.29, 1.82) is 0 Å². The molecule has 33 heavy (non-hydrogen) atoms. The molecule has 0 nitrogen and oxygen atoms in total. The number of benzene rings is 4. The van der Waals surface area contributed by atoms with Gasteiger partial charge in [0.2, 0.25) is 0 Å². The summed E-state index contributed by atoms with van der Waals surface area (Å²) in [6.45, 7) is 0. The van der Waals surface area contributed by atoms with Crippen molar-refractivity contribution >= 4 is 39.6 Å². The van der Waals surface area contributed by atoms with E-state index in [1.807, 2.05) is 0 Å². The van der Waals surface area contributed by atoms with Crippen LogP contribution in [0.3, 0.4) is 0 Å². The first-order valence-corrected chi connectivity index (χ1v) is 13.3. The van der Waals surface area contributed by atoms with E-state index in [0.717, 1.165) is 4.90 Å². The molecule has 174 valence electrons. The van der Waals surface area contributed by atoms with Crippen molar-refractivity contribution in [1.82, 2.24) is 0 Å². The molecule has 1 atom stereocenters. The predicted octanol–water partition coefficient (Wildman–Crippen LogP) is 9.05. The fourth-order valence-corrected chi connectivity index (χ4v) is 4.53. The first-order chi connectivity index (χ1) is 15.2. The molecule has 0 amide bonds. The molecule has 0 heterocycles. The molecule has 0 aromatic heterocycles. The molecule has 4 rings (SSSR count). The van der Waals surface area contributed by atoms with Gasteiger partial charge in [0.05, 0.1) is 19.2 Å². The third-order valence-corrected chi connectivity index (χ3v) is 6.15. The van der Waals surface area contributed by atoms with Crippen LogP contribution in [0.25, 0.3) is 22.3 Å². The zero-order valence-corrected chi connectivity index (χ0v) is 20.0. The Hall–Kier alpha value is -2.33.